The van der Waals surface area contributed by atoms with E-state index in [1.54, 1.807) is 6.08 Å². The summed E-state index contributed by atoms with van der Waals surface area (Å²) in [6.45, 7) is 8.05. The van der Waals surface area contributed by atoms with Gasteiger partial charge in [-0.1, -0.05) is 165 Å². The SMILES string of the molecule is C=CC(=C)c1nc(-c2ccccc2)nc(-c2ccc(-c3c(-c4ccc5c(c4)c4ccccc4n5-c4ccccc4)c4ccccc4c4ccccc34)cc2)n1. The zero-order valence-corrected chi connectivity index (χ0v) is 30.0. The van der Waals surface area contributed by atoms with Crippen molar-refractivity contribution in [3.63, 3.8) is 0 Å². The highest BCUT2D eigenvalue weighted by Crippen LogP contribution is 2.46. The highest BCUT2D eigenvalue weighted by molar-refractivity contribution is 6.22. The molecular formula is C51H34N4. The molecule has 4 heteroatoms. The molecule has 0 aliphatic heterocycles. The molecule has 0 N–H and O–H groups in total. The van der Waals surface area contributed by atoms with Crippen LogP contribution in [-0.2, 0) is 0 Å². The summed E-state index contributed by atoms with van der Waals surface area (Å²) in [6, 6.07) is 62.4. The van der Waals surface area contributed by atoms with E-state index in [4.69, 9.17) is 15.0 Å². The fourth-order valence-electron chi connectivity index (χ4n) is 7.97. The summed E-state index contributed by atoms with van der Waals surface area (Å²) in [4.78, 5) is 14.5. The van der Waals surface area contributed by atoms with E-state index < -0.39 is 0 Å². The molecule has 0 radical (unpaired) electrons. The maximum atomic E-state index is 4.93. The first-order chi connectivity index (χ1) is 27.2. The summed E-state index contributed by atoms with van der Waals surface area (Å²) in [5, 5.41) is 7.31. The summed E-state index contributed by atoms with van der Waals surface area (Å²) in [6.07, 6.45) is 1.68. The van der Waals surface area contributed by atoms with Crippen molar-refractivity contribution in [2.24, 2.45) is 0 Å². The monoisotopic (exact) mass is 702 g/mol. The lowest BCUT2D eigenvalue weighted by atomic mass is 9.84. The Hall–Kier alpha value is -7.43. The molecule has 0 unspecified atom stereocenters. The zero-order chi connectivity index (χ0) is 36.9. The van der Waals surface area contributed by atoms with Crippen molar-refractivity contribution >= 4 is 48.9 Å². The van der Waals surface area contributed by atoms with Crippen molar-refractivity contribution in [3.8, 4) is 50.7 Å². The number of nitrogens with zero attached hydrogens (tertiary/aromatic N) is 4. The Balaban J connectivity index is 1.20. The summed E-state index contributed by atoms with van der Waals surface area (Å²) in [7, 11) is 0. The first-order valence-electron chi connectivity index (χ1n) is 18.4. The van der Waals surface area contributed by atoms with Gasteiger partial charge in [0.05, 0.1) is 11.0 Å². The number of hydrogen-bond donors (Lipinski definition) is 0. The van der Waals surface area contributed by atoms with Gasteiger partial charge in [-0.25, -0.2) is 15.0 Å². The van der Waals surface area contributed by atoms with Gasteiger partial charge in [-0.15, -0.1) is 0 Å². The Kier molecular flexibility index (Phi) is 7.74. The van der Waals surface area contributed by atoms with Gasteiger partial charge in [0.15, 0.2) is 17.5 Å². The van der Waals surface area contributed by atoms with Gasteiger partial charge in [-0.2, -0.15) is 0 Å². The van der Waals surface area contributed by atoms with E-state index in [9.17, 15) is 0 Å². The molecule has 0 aliphatic carbocycles. The summed E-state index contributed by atoms with van der Waals surface area (Å²) in [5.41, 5.74) is 10.6. The van der Waals surface area contributed by atoms with Crippen LogP contribution in [0.15, 0.2) is 195 Å². The smallest absolute Gasteiger partial charge is 0.164 e. The molecule has 10 rings (SSSR count). The lowest BCUT2D eigenvalue weighted by Crippen LogP contribution is -2.01. The maximum Gasteiger partial charge on any atom is 0.164 e. The van der Waals surface area contributed by atoms with Crippen LogP contribution < -0.4 is 0 Å². The number of aromatic nitrogens is 4. The minimum atomic E-state index is 0.509. The molecule has 4 nitrogen and oxygen atoms in total. The van der Waals surface area contributed by atoms with Crippen LogP contribution in [0.25, 0.3) is 99.6 Å². The van der Waals surface area contributed by atoms with E-state index >= 15 is 0 Å². The third-order valence-electron chi connectivity index (χ3n) is 10.5. The number of benzene rings is 8. The van der Waals surface area contributed by atoms with Gasteiger partial charge in [0, 0.05) is 33.2 Å². The number of para-hydroxylation sites is 2. The van der Waals surface area contributed by atoms with Crippen molar-refractivity contribution in [3.05, 3.63) is 201 Å². The molecule has 0 fully saturated rings. The van der Waals surface area contributed by atoms with E-state index in [0.717, 1.165) is 22.4 Å². The Morgan fingerprint density at radius 3 is 1.53 bits per heavy atom. The quantitative estimate of drug-likeness (QED) is 0.123. The normalized spacial score (nSPS) is 11.4. The Bertz CT molecular complexity index is 3100. The van der Waals surface area contributed by atoms with E-state index in [0.29, 0.717) is 23.0 Å². The fraction of sp³-hybridized carbons (Fsp3) is 0. The predicted molar refractivity (Wildman–Crippen MR) is 230 cm³/mol. The van der Waals surface area contributed by atoms with Crippen LogP contribution in [0, 0.1) is 0 Å². The molecule has 0 amide bonds. The average molecular weight is 703 g/mol. The van der Waals surface area contributed by atoms with Crippen molar-refractivity contribution in [1.82, 2.24) is 19.5 Å². The van der Waals surface area contributed by atoms with Gasteiger partial charge in [-0.3, -0.25) is 0 Å². The van der Waals surface area contributed by atoms with Crippen LogP contribution in [0.3, 0.4) is 0 Å². The third kappa shape index (κ3) is 5.43. The summed E-state index contributed by atoms with van der Waals surface area (Å²) >= 11 is 0. The largest absolute Gasteiger partial charge is 0.309 e. The average Bonchev–Trinajstić information content (AvgIpc) is 3.60. The molecule has 55 heavy (non-hydrogen) atoms. The fourth-order valence-corrected chi connectivity index (χ4v) is 7.97. The molecule has 0 saturated heterocycles. The number of allylic oxidation sites excluding steroid dienone is 2. The van der Waals surface area contributed by atoms with Crippen molar-refractivity contribution < 1.29 is 0 Å². The molecular weight excluding hydrogens is 669 g/mol. The van der Waals surface area contributed by atoms with Gasteiger partial charge in [0.1, 0.15) is 0 Å². The molecule has 8 aromatic carbocycles. The lowest BCUT2D eigenvalue weighted by Gasteiger charge is -2.19. The minimum absolute atomic E-state index is 0.509. The van der Waals surface area contributed by atoms with E-state index in [-0.39, 0.29) is 0 Å². The Morgan fingerprint density at radius 1 is 0.418 bits per heavy atom. The number of fused-ring (bicyclic) bond motifs is 6. The van der Waals surface area contributed by atoms with E-state index in [1.165, 1.54) is 60.0 Å². The molecule has 0 spiro atoms. The van der Waals surface area contributed by atoms with Crippen molar-refractivity contribution in [1.29, 1.82) is 0 Å². The van der Waals surface area contributed by atoms with Crippen LogP contribution in [0.1, 0.15) is 5.82 Å². The van der Waals surface area contributed by atoms with Crippen LogP contribution in [0.4, 0.5) is 0 Å². The molecule has 0 atom stereocenters. The minimum Gasteiger partial charge on any atom is -0.309 e. The third-order valence-corrected chi connectivity index (χ3v) is 10.5. The van der Waals surface area contributed by atoms with Crippen molar-refractivity contribution in [2.45, 2.75) is 0 Å². The molecule has 10 aromatic rings. The predicted octanol–water partition coefficient (Wildman–Crippen LogP) is 13.1. The van der Waals surface area contributed by atoms with Gasteiger partial charge in [0.25, 0.3) is 0 Å². The molecule has 0 bridgehead atoms. The van der Waals surface area contributed by atoms with Crippen molar-refractivity contribution in [2.75, 3.05) is 0 Å². The number of rotatable bonds is 7. The number of hydrogen-bond acceptors (Lipinski definition) is 3. The zero-order valence-electron chi connectivity index (χ0n) is 30.0. The lowest BCUT2D eigenvalue weighted by molar-refractivity contribution is 1.04. The van der Waals surface area contributed by atoms with Gasteiger partial charge in [-0.05, 0) is 74.1 Å². The molecule has 258 valence electrons. The van der Waals surface area contributed by atoms with Crippen LogP contribution in [0.5, 0.6) is 0 Å². The Morgan fingerprint density at radius 2 is 0.891 bits per heavy atom. The second kappa shape index (κ2) is 13.2. The topological polar surface area (TPSA) is 43.6 Å². The molecule has 0 saturated carbocycles. The standard InChI is InChI=1S/C51H34N4/c1-3-33(2)49-52-50(35-16-6-4-7-17-35)54-51(53-49)36-28-26-34(27-29-36)47-42-23-12-10-20-39(42)40-21-11-13-24-43(40)48(47)37-30-31-46-44(32-37)41-22-14-15-25-45(41)55(46)38-18-8-5-9-19-38/h3-32H,1-2H2. The Labute approximate surface area is 319 Å². The molecule has 2 heterocycles. The van der Waals surface area contributed by atoms with Gasteiger partial charge in [0.2, 0.25) is 0 Å². The van der Waals surface area contributed by atoms with Crippen LogP contribution in [0.2, 0.25) is 0 Å². The first-order valence-corrected chi connectivity index (χ1v) is 18.4. The van der Waals surface area contributed by atoms with E-state index in [2.05, 4.69) is 163 Å². The molecule has 2 aromatic heterocycles. The van der Waals surface area contributed by atoms with Crippen LogP contribution >= 0.6 is 0 Å². The summed E-state index contributed by atoms with van der Waals surface area (Å²) in [5.74, 6) is 1.69. The summed E-state index contributed by atoms with van der Waals surface area (Å²) < 4.78 is 2.37. The van der Waals surface area contributed by atoms with Crippen LogP contribution in [-0.4, -0.2) is 19.5 Å². The highest BCUT2D eigenvalue weighted by Gasteiger charge is 2.20. The van der Waals surface area contributed by atoms with Gasteiger partial charge >= 0.3 is 0 Å². The first kappa shape index (κ1) is 32.2. The van der Waals surface area contributed by atoms with E-state index in [1.807, 2.05) is 30.3 Å². The second-order valence-electron chi connectivity index (χ2n) is 13.7. The highest BCUT2D eigenvalue weighted by atomic mass is 15.0. The maximum absolute atomic E-state index is 4.93. The molecule has 0 aliphatic rings. The van der Waals surface area contributed by atoms with Gasteiger partial charge < -0.3 is 4.57 Å². The second-order valence-corrected chi connectivity index (χ2v) is 13.7.